The Balaban J connectivity index is 2.27. The van der Waals surface area contributed by atoms with Crippen LogP contribution in [-0.4, -0.2) is 19.6 Å². The molecule has 0 unspecified atom stereocenters. The third-order valence-electron chi connectivity index (χ3n) is 3.16. The predicted octanol–water partition coefficient (Wildman–Crippen LogP) is 2.18. The van der Waals surface area contributed by atoms with Crippen LogP contribution in [0.15, 0.2) is 47.5 Å². The van der Waals surface area contributed by atoms with Crippen LogP contribution in [0.1, 0.15) is 6.92 Å². The van der Waals surface area contributed by atoms with Crippen LogP contribution in [-0.2, 0) is 6.54 Å². The maximum absolute atomic E-state index is 11.8. The summed E-state index contributed by atoms with van der Waals surface area (Å²) < 4.78 is 1.89. The fourth-order valence-corrected chi connectivity index (χ4v) is 2.12. The minimum atomic E-state index is -0.0906. The number of rotatable bonds is 2. The minimum absolute atomic E-state index is 0.0906. The number of aromatic nitrogens is 3. The van der Waals surface area contributed by atoms with E-state index in [1.807, 2.05) is 17.6 Å². The Morgan fingerprint density at radius 1 is 1.30 bits per heavy atom. The summed E-state index contributed by atoms with van der Waals surface area (Å²) in [7, 11) is 0. The molecule has 2 heterocycles. The van der Waals surface area contributed by atoms with Crippen LogP contribution >= 0.6 is 0 Å². The summed E-state index contributed by atoms with van der Waals surface area (Å²) in [6, 6.07) is 8.25. The maximum atomic E-state index is 11.8. The first-order valence-electron chi connectivity index (χ1n) is 6.34. The van der Waals surface area contributed by atoms with Crippen LogP contribution in [0.25, 0.3) is 22.4 Å². The van der Waals surface area contributed by atoms with Crippen molar-refractivity contribution in [2.45, 2.75) is 13.5 Å². The van der Waals surface area contributed by atoms with Gasteiger partial charge in [-0.2, -0.15) is 0 Å². The Morgan fingerprint density at radius 2 is 2.15 bits per heavy atom. The van der Waals surface area contributed by atoms with Gasteiger partial charge in [-0.15, -0.1) is 0 Å². The lowest BCUT2D eigenvalue weighted by atomic mass is 10.2. The molecule has 0 aliphatic carbocycles. The van der Waals surface area contributed by atoms with Crippen LogP contribution in [0.4, 0.5) is 0 Å². The second-order valence-corrected chi connectivity index (χ2v) is 4.45. The smallest absolute Gasteiger partial charge is 0.192 e. The summed E-state index contributed by atoms with van der Waals surface area (Å²) in [5.41, 5.74) is 1.23. The van der Waals surface area contributed by atoms with Crippen LogP contribution in [0.5, 0.6) is 5.75 Å². The number of pyridine rings is 1. The topological polar surface area (TPSA) is 68.0 Å². The Kier molecular flexibility index (Phi) is 2.95. The Bertz CT molecular complexity index is 840. The highest BCUT2D eigenvalue weighted by Gasteiger charge is 2.08. The molecule has 0 amide bonds. The first-order valence-corrected chi connectivity index (χ1v) is 6.34. The third kappa shape index (κ3) is 2.03. The van der Waals surface area contributed by atoms with Crippen molar-refractivity contribution in [2.75, 3.05) is 0 Å². The lowest BCUT2D eigenvalue weighted by molar-refractivity contribution is 0.475. The average molecular weight is 267 g/mol. The summed E-state index contributed by atoms with van der Waals surface area (Å²) in [5, 5.41) is 10.0. The molecule has 0 radical (unpaired) electrons. The molecule has 1 aromatic carbocycles. The van der Waals surface area contributed by atoms with E-state index >= 15 is 0 Å². The van der Waals surface area contributed by atoms with E-state index in [1.165, 1.54) is 12.3 Å². The van der Waals surface area contributed by atoms with Crippen LogP contribution in [0.2, 0.25) is 0 Å². The summed E-state index contributed by atoms with van der Waals surface area (Å²) >= 11 is 0. The normalized spacial score (nSPS) is 10.8. The van der Waals surface area contributed by atoms with E-state index in [0.717, 1.165) is 0 Å². The molecule has 0 spiro atoms. The van der Waals surface area contributed by atoms with Gasteiger partial charge in [0.25, 0.3) is 0 Å². The Labute approximate surface area is 115 Å². The number of hydrogen-bond acceptors (Lipinski definition) is 4. The number of fused-ring (bicyclic) bond motifs is 1. The highest BCUT2D eigenvalue weighted by molar-refractivity contribution is 5.76. The molecule has 100 valence electrons. The Morgan fingerprint density at radius 3 is 2.90 bits per heavy atom. The summed E-state index contributed by atoms with van der Waals surface area (Å²) in [4.78, 5) is 20.5. The van der Waals surface area contributed by atoms with Crippen molar-refractivity contribution in [3.05, 3.63) is 52.9 Å². The molecule has 0 fully saturated rings. The number of hydrogen-bond donors (Lipinski definition) is 1. The fraction of sp³-hybridized carbons (Fsp3) is 0.133. The molecular formula is C15H13N3O2. The van der Waals surface area contributed by atoms with Crippen LogP contribution < -0.4 is 5.43 Å². The fourth-order valence-electron chi connectivity index (χ4n) is 2.12. The van der Waals surface area contributed by atoms with Gasteiger partial charge in [0.1, 0.15) is 11.4 Å². The molecule has 2 aromatic heterocycles. The quantitative estimate of drug-likeness (QED) is 0.772. The van der Waals surface area contributed by atoms with Gasteiger partial charge in [-0.1, -0.05) is 12.1 Å². The molecule has 5 nitrogen and oxygen atoms in total. The number of aryl methyl sites for hydroxylation is 1. The van der Waals surface area contributed by atoms with Gasteiger partial charge in [0.05, 0.1) is 5.39 Å². The SMILES string of the molecule is CCn1ccc(=O)c2cnc(-c3cccc(O)c3)nc21. The van der Waals surface area contributed by atoms with Gasteiger partial charge in [0, 0.05) is 30.6 Å². The summed E-state index contributed by atoms with van der Waals surface area (Å²) in [5.74, 6) is 0.647. The van der Waals surface area contributed by atoms with Gasteiger partial charge in [-0.05, 0) is 19.1 Å². The van der Waals surface area contributed by atoms with Crippen molar-refractivity contribution in [1.29, 1.82) is 0 Å². The standard InChI is InChI=1S/C15H13N3O2/c1-2-18-7-6-13(20)12-9-16-14(17-15(12)18)10-4-3-5-11(19)8-10/h3-9,19H,2H2,1H3. The van der Waals surface area contributed by atoms with Crippen molar-refractivity contribution < 1.29 is 5.11 Å². The van der Waals surface area contributed by atoms with Crippen LogP contribution in [0, 0.1) is 0 Å². The van der Waals surface area contributed by atoms with Gasteiger partial charge in [0.2, 0.25) is 0 Å². The molecule has 1 N–H and O–H groups in total. The van der Waals surface area contributed by atoms with Crippen molar-refractivity contribution in [3.8, 4) is 17.1 Å². The van der Waals surface area contributed by atoms with Gasteiger partial charge in [0.15, 0.2) is 11.3 Å². The van der Waals surface area contributed by atoms with E-state index in [4.69, 9.17) is 0 Å². The van der Waals surface area contributed by atoms with E-state index in [0.29, 0.717) is 29.0 Å². The largest absolute Gasteiger partial charge is 0.508 e. The summed E-state index contributed by atoms with van der Waals surface area (Å²) in [6.07, 6.45) is 3.26. The minimum Gasteiger partial charge on any atom is -0.508 e. The van der Waals surface area contributed by atoms with E-state index in [-0.39, 0.29) is 11.2 Å². The van der Waals surface area contributed by atoms with Gasteiger partial charge in [-0.3, -0.25) is 4.79 Å². The molecule has 0 saturated heterocycles. The molecule has 3 aromatic rings. The van der Waals surface area contributed by atoms with E-state index in [9.17, 15) is 9.90 Å². The van der Waals surface area contributed by atoms with Gasteiger partial charge >= 0.3 is 0 Å². The highest BCUT2D eigenvalue weighted by atomic mass is 16.3. The van der Waals surface area contributed by atoms with Crippen molar-refractivity contribution >= 4 is 11.0 Å². The zero-order valence-electron chi connectivity index (χ0n) is 10.9. The molecule has 5 heteroatoms. The second-order valence-electron chi connectivity index (χ2n) is 4.45. The molecule has 0 aliphatic heterocycles. The molecule has 3 rings (SSSR count). The van der Waals surface area contributed by atoms with Crippen LogP contribution in [0.3, 0.4) is 0 Å². The number of phenols is 1. The zero-order valence-corrected chi connectivity index (χ0v) is 10.9. The Hall–Kier alpha value is -2.69. The predicted molar refractivity (Wildman–Crippen MR) is 76.6 cm³/mol. The van der Waals surface area contributed by atoms with Crippen molar-refractivity contribution in [2.24, 2.45) is 0 Å². The summed E-state index contributed by atoms with van der Waals surface area (Å²) in [6.45, 7) is 2.70. The number of nitrogens with zero attached hydrogens (tertiary/aromatic N) is 3. The lowest BCUT2D eigenvalue weighted by Gasteiger charge is -2.08. The number of phenolic OH excluding ortho intramolecular Hbond substituents is 1. The number of aromatic hydroxyl groups is 1. The monoisotopic (exact) mass is 267 g/mol. The van der Waals surface area contributed by atoms with E-state index in [2.05, 4.69) is 9.97 Å². The molecule has 0 bridgehead atoms. The highest BCUT2D eigenvalue weighted by Crippen LogP contribution is 2.20. The molecule has 0 atom stereocenters. The molecule has 0 saturated carbocycles. The maximum Gasteiger partial charge on any atom is 0.192 e. The number of benzene rings is 1. The van der Waals surface area contributed by atoms with Crippen molar-refractivity contribution in [1.82, 2.24) is 14.5 Å². The van der Waals surface area contributed by atoms with Gasteiger partial charge in [-0.25, -0.2) is 9.97 Å². The second kappa shape index (κ2) is 4.77. The molecular weight excluding hydrogens is 254 g/mol. The molecule has 20 heavy (non-hydrogen) atoms. The zero-order chi connectivity index (χ0) is 14.1. The van der Waals surface area contributed by atoms with Crippen molar-refractivity contribution in [3.63, 3.8) is 0 Å². The van der Waals surface area contributed by atoms with E-state index in [1.54, 1.807) is 24.4 Å². The van der Waals surface area contributed by atoms with Gasteiger partial charge < -0.3 is 9.67 Å². The average Bonchev–Trinajstić information content (AvgIpc) is 2.47. The first-order chi connectivity index (χ1) is 9.69. The first kappa shape index (κ1) is 12.3. The molecule has 0 aliphatic rings. The lowest BCUT2D eigenvalue weighted by Crippen LogP contribution is -2.09. The third-order valence-corrected chi connectivity index (χ3v) is 3.16. The van der Waals surface area contributed by atoms with E-state index < -0.39 is 0 Å².